The number of ether oxygens (including phenoxy) is 1. The lowest BCUT2D eigenvalue weighted by atomic mass is 9.92. The number of nitrogens with zero attached hydrogens (tertiary/aromatic N) is 1. The van der Waals surface area contributed by atoms with E-state index in [2.05, 4.69) is 24.1 Å². The van der Waals surface area contributed by atoms with Gasteiger partial charge < -0.3 is 9.64 Å². The third-order valence-electron chi connectivity index (χ3n) is 5.89. The van der Waals surface area contributed by atoms with E-state index in [0.29, 0.717) is 30.1 Å². The summed E-state index contributed by atoms with van der Waals surface area (Å²) >= 11 is 0. The van der Waals surface area contributed by atoms with Crippen LogP contribution in [0.2, 0.25) is 0 Å². The molecule has 4 nitrogen and oxygen atoms in total. The molecule has 4 unspecified atom stereocenters. The fourth-order valence-electron chi connectivity index (χ4n) is 4.87. The monoisotopic (exact) mass is 278 g/mol. The van der Waals surface area contributed by atoms with Crippen LogP contribution in [0.15, 0.2) is 0 Å². The minimum atomic E-state index is -0.239. The van der Waals surface area contributed by atoms with Crippen LogP contribution in [0.1, 0.15) is 58.8 Å². The maximum atomic E-state index is 13.1. The topological polar surface area (TPSA) is 41.6 Å². The summed E-state index contributed by atoms with van der Waals surface area (Å²) in [6.07, 6.45) is 8.70. The van der Waals surface area contributed by atoms with E-state index >= 15 is 0 Å². The smallest absolute Gasteiger partial charge is 0.244 e. The molecule has 1 aliphatic carbocycles. The summed E-state index contributed by atoms with van der Waals surface area (Å²) in [7, 11) is 0. The predicted molar refractivity (Wildman–Crippen MR) is 76.1 cm³/mol. The summed E-state index contributed by atoms with van der Waals surface area (Å²) in [4.78, 5) is 15.3. The molecule has 4 fully saturated rings. The Morgan fingerprint density at radius 2 is 2.05 bits per heavy atom. The van der Waals surface area contributed by atoms with Crippen LogP contribution in [-0.2, 0) is 9.53 Å². The van der Waals surface area contributed by atoms with Gasteiger partial charge >= 0.3 is 0 Å². The molecule has 4 aliphatic rings. The van der Waals surface area contributed by atoms with Crippen molar-refractivity contribution in [2.75, 3.05) is 0 Å². The maximum Gasteiger partial charge on any atom is 0.244 e. The lowest BCUT2D eigenvalue weighted by molar-refractivity contribution is -0.137. The zero-order chi connectivity index (χ0) is 13.9. The lowest BCUT2D eigenvalue weighted by Gasteiger charge is -2.35. The van der Waals surface area contributed by atoms with Crippen molar-refractivity contribution in [1.82, 2.24) is 10.2 Å². The van der Waals surface area contributed by atoms with Gasteiger partial charge in [0.2, 0.25) is 5.91 Å². The number of hydrogen-bond acceptors (Lipinski definition) is 3. The fourth-order valence-corrected chi connectivity index (χ4v) is 4.87. The second-order valence-corrected chi connectivity index (χ2v) is 7.51. The molecule has 0 aromatic carbocycles. The Morgan fingerprint density at radius 3 is 2.60 bits per heavy atom. The fraction of sp³-hybridized carbons (Fsp3) is 0.938. The van der Waals surface area contributed by atoms with E-state index in [9.17, 15) is 4.79 Å². The van der Waals surface area contributed by atoms with E-state index in [1.807, 2.05) is 0 Å². The van der Waals surface area contributed by atoms with Gasteiger partial charge in [0, 0.05) is 0 Å². The van der Waals surface area contributed by atoms with Gasteiger partial charge in [-0.15, -0.1) is 0 Å². The highest BCUT2D eigenvalue weighted by molar-refractivity contribution is 5.89. The van der Waals surface area contributed by atoms with Gasteiger partial charge in [0.1, 0.15) is 0 Å². The molecule has 1 amide bonds. The second-order valence-electron chi connectivity index (χ2n) is 7.51. The standard InChI is InChI=1S/C16H26N2O2/c1-10(2)14-17-16(7-3-4-8-16)15(19)18(14)12-9-11-5-6-13(12)20-11/h10-14,17H,3-9H2,1-2H3. The second kappa shape index (κ2) is 4.44. The summed E-state index contributed by atoms with van der Waals surface area (Å²) in [5, 5.41) is 3.72. The minimum absolute atomic E-state index is 0.202. The molecule has 0 radical (unpaired) electrons. The van der Waals surface area contributed by atoms with Crippen molar-refractivity contribution in [3.05, 3.63) is 0 Å². The SMILES string of the molecule is CC(C)C1NC2(CCCC2)C(=O)N1C1CC2CCC1O2. The Bertz CT molecular complexity index is 417. The van der Waals surface area contributed by atoms with Gasteiger partial charge in [0.15, 0.2) is 0 Å². The average Bonchev–Trinajstić information content (AvgIpc) is 3.17. The van der Waals surface area contributed by atoms with Crippen LogP contribution in [-0.4, -0.2) is 40.8 Å². The average molecular weight is 278 g/mol. The summed E-state index contributed by atoms with van der Waals surface area (Å²) < 4.78 is 6.00. The molecule has 1 spiro atoms. The summed E-state index contributed by atoms with van der Waals surface area (Å²) in [5.74, 6) is 0.827. The highest BCUT2D eigenvalue weighted by Gasteiger charge is 2.57. The van der Waals surface area contributed by atoms with E-state index in [-0.39, 0.29) is 11.7 Å². The molecule has 1 saturated carbocycles. The molecule has 3 saturated heterocycles. The number of hydrogen-bond donors (Lipinski definition) is 1. The number of amides is 1. The Balaban J connectivity index is 1.63. The Kier molecular flexibility index (Phi) is 2.90. The van der Waals surface area contributed by atoms with Gasteiger partial charge in [-0.2, -0.15) is 0 Å². The normalized spacial score (nSPS) is 42.5. The molecule has 0 aromatic rings. The van der Waals surface area contributed by atoms with Gasteiger partial charge in [-0.1, -0.05) is 26.7 Å². The molecule has 2 bridgehead atoms. The third kappa shape index (κ3) is 1.70. The Hall–Kier alpha value is -0.610. The number of carbonyl (C=O) groups is 1. The zero-order valence-corrected chi connectivity index (χ0v) is 12.6. The van der Waals surface area contributed by atoms with Crippen LogP contribution < -0.4 is 5.32 Å². The quantitative estimate of drug-likeness (QED) is 0.840. The van der Waals surface area contributed by atoms with Crippen molar-refractivity contribution in [3.63, 3.8) is 0 Å². The lowest BCUT2D eigenvalue weighted by Crippen LogP contribution is -2.51. The van der Waals surface area contributed by atoms with Gasteiger partial charge in [-0.05, 0) is 38.0 Å². The number of fused-ring (bicyclic) bond motifs is 2. The van der Waals surface area contributed by atoms with Crippen LogP contribution in [0.3, 0.4) is 0 Å². The first-order chi connectivity index (χ1) is 9.61. The van der Waals surface area contributed by atoms with Crippen LogP contribution in [0.25, 0.3) is 0 Å². The summed E-state index contributed by atoms with van der Waals surface area (Å²) in [5.41, 5.74) is -0.239. The first kappa shape index (κ1) is 13.1. The van der Waals surface area contributed by atoms with Crippen LogP contribution in [0.5, 0.6) is 0 Å². The highest BCUT2D eigenvalue weighted by atomic mass is 16.5. The van der Waals surface area contributed by atoms with E-state index in [1.54, 1.807) is 0 Å². The molecular weight excluding hydrogens is 252 g/mol. The van der Waals surface area contributed by atoms with E-state index in [0.717, 1.165) is 25.7 Å². The predicted octanol–water partition coefficient (Wildman–Crippen LogP) is 2.03. The van der Waals surface area contributed by atoms with Gasteiger partial charge in [-0.3, -0.25) is 10.1 Å². The minimum Gasteiger partial charge on any atom is -0.373 e. The van der Waals surface area contributed by atoms with E-state index in [4.69, 9.17) is 4.74 Å². The van der Waals surface area contributed by atoms with E-state index < -0.39 is 0 Å². The Labute approximate surface area is 121 Å². The molecule has 0 aromatic heterocycles. The van der Waals surface area contributed by atoms with Crippen molar-refractivity contribution >= 4 is 5.91 Å². The number of rotatable bonds is 2. The summed E-state index contributed by atoms with van der Waals surface area (Å²) in [6, 6.07) is 0.320. The third-order valence-corrected chi connectivity index (χ3v) is 5.89. The molecule has 3 aliphatic heterocycles. The van der Waals surface area contributed by atoms with Crippen LogP contribution in [0.4, 0.5) is 0 Å². The molecule has 1 N–H and O–H groups in total. The molecule has 20 heavy (non-hydrogen) atoms. The molecule has 4 atom stereocenters. The van der Waals surface area contributed by atoms with Gasteiger partial charge in [0.25, 0.3) is 0 Å². The molecular formula is C16H26N2O2. The number of nitrogens with one attached hydrogen (secondary N) is 1. The van der Waals surface area contributed by atoms with Crippen molar-refractivity contribution in [3.8, 4) is 0 Å². The van der Waals surface area contributed by atoms with Crippen molar-refractivity contribution in [2.45, 2.75) is 88.7 Å². The first-order valence-electron chi connectivity index (χ1n) is 8.37. The molecule has 4 rings (SSSR count). The van der Waals surface area contributed by atoms with Gasteiger partial charge in [-0.25, -0.2) is 0 Å². The number of carbonyl (C=O) groups excluding carboxylic acids is 1. The first-order valence-corrected chi connectivity index (χ1v) is 8.37. The molecule has 112 valence electrons. The molecule has 3 heterocycles. The van der Waals surface area contributed by atoms with Gasteiger partial charge in [0.05, 0.1) is 30.0 Å². The van der Waals surface area contributed by atoms with Crippen molar-refractivity contribution in [1.29, 1.82) is 0 Å². The Morgan fingerprint density at radius 1 is 1.30 bits per heavy atom. The van der Waals surface area contributed by atoms with Crippen molar-refractivity contribution in [2.24, 2.45) is 5.92 Å². The summed E-state index contributed by atoms with van der Waals surface area (Å²) in [6.45, 7) is 4.44. The largest absolute Gasteiger partial charge is 0.373 e. The van der Waals surface area contributed by atoms with E-state index in [1.165, 1.54) is 19.3 Å². The van der Waals surface area contributed by atoms with Crippen LogP contribution in [0, 0.1) is 5.92 Å². The zero-order valence-electron chi connectivity index (χ0n) is 12.6. The van der Waals surface area contributed by atoms with Crippen LogP contribution >= 0.6 is 0 Å². The maximum absolute atomic E-state index is 13.1. The molecule has 4 heteroatoms. The van der Waals surface area contributed by atoms with Crippen molar-refractivity contribution < 1.29 is 9.53 Å². The highest BCUT2D eigenvalue weighted by Crippen LogP contribution is 2.44.